The number of halogens is 3. The smallest absolute Gasteiger partial charge is 0.142 e. The Balaban J connectivity index is 2.08. The second kappa shape index (κ2) is 5.48. The fraction of sp³-hybridized carbons (Fsp3) is 0.500. The number of nitrogens with zero attached hydrogens (tertiary/aromatic N) is 1. The zero-order valence-corrected chi connectivity index (χ0v) is 11.3. The lowest BCUT2D eigenvalue weighted by atomic mass is 10.2. The SMILES string of the molecule is Fc1cccc(CN(CCBr)C2CC2)c1Cl. The van der Waals surface area contributed by atoms with Crippen LogP contribution in [-0.2, 0) is 6.54 Å². The van der Waals surface area contributed by atoms with Gasteiger partial charge in [-0.25, -0.2) is 4.39 Å². The van der Waals surface area contributed by atoms with Crippen molar-refractivity contribution in [2.24, 2.45) is 0 Å². The third-order valence-electron chi connectivity index (χ3n) is 2.84. The number of hydrogen-bond donors (Lipinski definition) is 0. The molecule has 0 amide bonds. The normalized spacial score (nSPS) is 15.8. The first-order valence-electron chi connectivity index (χ1n) is 5.45. The van der Waals surface area contributed by atoms with E-state index in [1.807, 2.05) is 6.07 Å². The highest BCUT2D eigenvalue weighted by Crippen LogP contribution is 2.30. The summed E-state index contributed by atoms with van der Waals surface area (Å²) in [6, 6.07) is 5.68. The number of benzene rings is 1. The van der Waals surface area contributed by atoms with Gasteiger partial charge in [-0.15, -0.1) is 0 Å². The molecule has 2 rings (SSSR count). The van der Waals surface area contributed by atoms with Crippen molar-refractivity contribution in [3.8, 4) is 0 Å². The molecule has 1 nitrogen and oxygen atoms in total. The molecule has 1 fully saturated rings. The molecule has 1 aliphatic carbocycles. The summed E-state index contributed by atoms with van der Waals surface area (Å²) in [6.07, 6.45) is 2.50. The van der Waals surface area contributed by atoms with E-state index >= 15 is 0 Å². The van der Waals surface area contributed by atoms with Crippen molar-refractivity contribution in [2.45, 2.75) is 25.4 Å². The number of hydrogen-bond acceptors (Lipinski definition) is 1. The summed E-state index contributed by atoms with van der Waals surface area (Å²) in [7, 11) is 0. The van der Waals surface area contributed by atoms with Crippen LogP contribution >= 0.6 is 27.5 Å². The summed E-state index contributed by atoms with van der Waals surface area (Å²) >= 11 is 9.39. The Kier molecular flexibility index (Phi) is 4.22. The maximum Gasteiger partial charge on any atom is 0.142 e. The number of alkyl halides is 1. The molecule has 0 unspecified atom stereocenters. The Labute approximate surface area is 109 Å². The topological polar surface area (TPSA) is 3.24 Å². The fourth-order valence-corrected chi connectivity index (χ4v) is 2.47. The molecule has 1 aromatic rings. The minimum absolute atomic E-state index is 0.266. The lowest BCUT2D eigenvalue weighted by Gasteiger charge is -2.21. The minimum atomic E-state index is -0.325. The van der Waals surface area contributed by atoms with Gasteiger partial charge in [0.1, 0.15) is 5.82 Å². The molecule has 0 bridgehead atoms. The van der Waals surface area contributed by atoms with Gasteiger partial charge in [-0.05, 0) is 24.5 Å². The van der Waals surface area contributed by atoms with Gasteiger partial charge in [-0.2, -0.15) is 0 Å². The van der Waals surface area contributed by atoms with Crippen LogP contribution in [0.4, 0.5) is 4.39 Å². The average molecular weight is 307 g/mol. The highest BCUT2D eigenvalue weighted by atomic mass is 79.9. The van der Waals surface area contributed by atoms with E-state index in [0.717, 1.165) is 24.0 Å². The van der Waals surface area contributed by atoms with Crippen LogP contribution in [0, 0.1) is 5.82 Å². The van der Waals surface area contributed by atoms with Gasteiger partial charge in [0.05, 0.1) is 5.02 Å². The zero-order valence-electron chi connectivity index (χ0n) is 8.93. The van der Waals surface area contributed by atoms with Crippen molar-refractivity contribution in [1.29, 1.82) is 0 Å². The molecule has 0 saturated heterocycles. The van der Waals surface area contributed by atoms with Crippen LogP contribution in [0.25, 0.3) is 0 Å². The van der Waals surface area contributed by atoms with Gasteiger partial charge in [0.15, 0.2) is 0 Å². The van der Waals surface area contributed by atoms with Crippen LogP contribution in [0.3, 0.4) is 0 Å². The monoisotopic (exact) mass is 305 g/mol. The Morgan fingerprint density at radius 1 is 1.44 bits per heavy atom. The van der Waals surface area contributed by atoms with Crippen molar-refractivity contribution in [2.75, 3.05) is 11.9 Å². The van der Waals surface area contributed by atoms with E-state index in [0.29, 0.717) is 6.04 Å². The molecule has 16 heavy (non-hydrogen) atoms. The fourth-order valence-electron chi connectivity index (χ4n) is 1.83. The van der Waals surface area contributed by atoms with Crippen LogP contribution in [0.15, 0.2) is 18.2 Å². The van der Waals surface area contributed by atoms with E-state index < -0.39 is 0 Å². The first-order chi connectivity index (χ1) is 7.72. The molecule has 4 heteroatoms. The Hall–Kier alpha value is -0.120. The summed E-state index contributed by atoms with van der Waals surface area (Å²) < 4.78 is 13.3. The number of rotatable bonds is 5. The van der Waals surface area contributed by atoms with E-state index in [-0.39, 0.29) is 10.8 Å². The van der Waals surface area contributed by atoms with Gasteiger partial charge in [-0.1, -0.05) is 39.7 Å². The summed E-state index contributed by atoms with van der Waals surface area (Å²) in [4.78, 5) is 2.36. The quantitative estimate of drug-likeness (QED) is 0.747. The van der Waals surface area contributed by atoms with Crippen LogP contribution in [0.5, 0.6) is 0 Å². The van der Waals surface area contributed by atoms with Gasteiger partial charge in [0.25, 0.3) is 0 Å². The predicted octanol–water partition coefficient (Wildman–Crippen LogP) is 3.84. The van der Waals surface area contributed by atoms with Gasteiger partial charge in [0.2, 0.25) is 0 Å². The molecular formula is C12H14BrClFN. The Bertz CT molecular complexity index is 368. The van der Waals surface area contributed by atoms with E-state index in [4.69, 9.17) is 11.6 Å². The van der Waals surface area contributed by atoms with Crippen molar-refractivity contribution < 1.29 is 4.39 Å². The van der Waals surface area contributed by atoms with Crippen LogP contribution < -0.4 is 0 Å². The molecule has 0 N–H and O–H groups in total. The first kappa shape index (κ1) is 12.3. The zero-order chi connectivity index (χ0) is 11.5. The van der Waals surface area contributed by atoms with Gasteiger partial charge < -0.3 is 0 Å². The third-order valence-corrected chi connectivity index (χ3v) is 3.62. The minimum Gasteiger partial charge on any atom is -0.295 e. The van der Waals surface area contributed by atoms with Crippen molar-refractivity contribution in [1.82, 2.24) is 4.90 Å². The summed E-state index contributed by atoms with van der Waals surface area (Å²) in [5, 5.41) is 1.21. The highest BCUT2D eigenvalue weighted by Gasteiger charge is 2.28. The molecule has 0 radical (unpaired) electrons. The Morgan fingerprint density at radius 3 is 2.81 bits per heavy atom. The summed E-state index contributed by atoms with van der Waals surface area (Å²) in [5.74, 6) is -0.325. The summed E-state index contributed by atoms with van der Waals surface area (Å²) in [5.41, 5.74) is 0.884. The van der Waals surface area contributed by atoms with E-state index in [1.165, 1.54) is 18.9 Å². The standard InChI is InChI=1S/C12H14BrClFN/c13-6-7-16(10-4-5-10)8-9-2-1-3-11(15)12(9)14/h1-3,10H,4-8H2. The molecule has 88 valence electrons. The molecule has 0 heterocycles. The van der Waals surface area contributed by atoms with Crippen molar-refractivity contribution in [3.63, 3.8) is 0 Å². The molecule has 0 atom stereocenters. The highest BCUT2D eigenvalue weighted by molar-refractivity contribution is 9.09. The largest absolute Gasteiger partial charge is 0.295 e. The molecule has 0 aliphatic heterocycles. The van der Waals surface area contributed by atoms with E-state index in [9.17, 15) is 4.39 Å². The van der Waals surface area contributed by atoms with Crippen LogP contribution in [0.1, 0.15) is 18.4 Å². The molecule has 1 aliphatic rings. The molecule has 0 aromatic heterocycles. The van der Waals surface area contributed by atoms with Gasteiger partial charge in [0, 0.05) is 24.5 Å². The summed E-state index contributed by atoms with van der Waals surface area (Å²) in [6.45, 7) is 1.73. The average Bonchev–Trinajstić information content (AvgIpc) is 3.07. The van der Waals surface area contributed by atoms with Crippen LogP contribution in [-0.4, -0.2) is 22.8 Å². The molecule has 1 saturated carbocycles. The van der Waals surface area contributed by atoms with E-state index in [2.05, 4.69) is 20.8 Å². The second-order valence-electron chi connectivity index (χ2n) is 4.10. The molecular weight excluding hydrogens is 292 g/mol. The van der Waals surface area contributed by atoms with E-state index in [1.54, 1.807) is 6.07 Å². The van der Waals surface area contributed by atoms with Crippen molar-refractivity contribution in [3.05, 3.63) is 34.6 Å². The van der Waals surface area contributed by atoms with Crippen LogP contribution in [0.2, 0.25) is 5.02 Å². The van der Waals surface area contributed by atoms with Crippen molar-refractivity contribution >= 4 is 27.5 Å². The maximum absolute atomic E-state index is 13.3. The third kappa shape index (κ3) is 2.96. The van der Waals surface area contributed by atoms with Gasteiger partial charge >= 0.3 is 0 Å². The Morgan fingerprint density at radius 2 is 2.19 bits per heavy atom. The van der Waals surface area contributed by atoms with Gasteiger partial charge in [-0.3, -0.25) is 4.90 Å². The lowest BCUT2D eigenvalue weighted by molar-refractivity contribution is 0.272. The molecule has 0 spiro atoms. The first-order valence-corrected chi connectivity index (χ1v) is 6.95. The second-order valence-corrected chi connectivity index (χ2v) is 5.27. The predicted molar refractivity (Wildman–Crippen MR) is 68.6 cm³/mol. The maximum atomic E-state index is 13.3. The lowest BCUT2D eigenvalue weighted by Crippen LogP contribution is -2.27. The molecule has 1 aromatic carbocycles.